The van der Waals surface area contributed by atoms with Gasteiger partial charge < -0.3 is 13.9 Å². The van der Waals surface area contributed by atoms with Crippen LogP contribution in [-0.2, 0) is 22.6 Å². The third-order valence-electron chi connectivity index (χ3n) is 4.70. The van der Waals surface area contributed by atoms with Gasteiger partial charge in [-0.1, -0.05) is 12.1 Å². The van der Waals surface area contributed by atoms with Gasteiger partial charge in [-0.25, -0.2) is 4.68 Å². The molecule has 1 fully saturated rings. The Morgan fingerprint density at radius 1 is 1.30 bits per heavy atom. The molecule has 0 aliphatic carbocycles. The lowest BCUT2D eigenvalue weighted by Gasteiger charge is -2.30. The van der Waals surface area contributed by atoms with Gasteiger partial charge in [0.15, 0.2) is 0 Å². The Morgan fingerprint density at radius 2 is 2.00 bits per heavy atom. The van der Waals surface area contributed by atoms with E-state index in [0.717, 1.165) is 37.2 Å². The molecule has 1 aliphatic heterocycles. The zero-order valence-corrected chi connectivity index (χ0v) is 16.5. The van der Waals surface area contributed by atoms with Gasteiger partial charge in [-0.2, -0.15) is 0 Å². The number of ether oxygens (including phenoxy) is 2. The van der Waals surface area contributed by atoms with E-state index in [1.165, 1.54) is 0 Å². The molecule has 0 saturated carbocycles. The maximum absolute atomic E-state index is 11.8. The number of aromatic nitrogens is 2. The van der Waals surface area contributed by atoms with Crippen molar-refractivity contribution in [2.45, 2.75) is 32.9 Å². The van der Waals surface area contributed by atoms with Gasteiger partial charge in [-0.15, -0.1) is 5.10 Å². The molecule has 3 rings (SSSR count). The van der Waals surface area contributed by atoms with Gasteiger partial charge in [0.1, 0.15) is 5.75 Å². The van der Waals surface area contributed by atoms with E-state index in [2.05, 4.69) is 10.00 Å². The SMILES string of the molecule is CCOC(=O)C1CCN(Cn2nc(Cc3ccc(OC)cc3)oc2=S)CC1. The summed E-state index contributed by atoms with van der Waals surface area (Å²) in [4.78, 5) is 14.4. The normalized spacial score (nSPS) is 15.6. The first kappa shape index (κ1) is 19.6. The van der Waals surface area contributed by atoms with Crippen LogP contribution in [0.15, 0.2) is 28.7 Å². The monoisotopic (exact) mass is 391 g/mol. The number of hydrogen-bond donors (Lipinski definition) is 0. The highest BCUT2D eigenvalue weighted by Gasteiger charge is 2.26. The molecule has 1 aromatic heterocycles. The number of likely N-dealkylation sites (tertiary alicyclic amines) is 1. The molecule has 1 aliphatic rings. The molecule has 7 nitrogen and oxygen atoms in total. The number of carbonyl (C=O) groups excluding carboxylic acids is 1. The van der Waals surface area contributed by atoms with Crippen molar-refractivity contribution in [3.8, 4) is 5.75 Å². The fraction of sp³-hybridized carbons (Fsp3) is 0.526. The lowest BCUT2D eigenvalue weighted by molar-refractivity contribution is -0.149. The second kappa shape index (κ2) is 9.14. The smallest absolute Gasteiger partial charge is 0.309 e. The first-order valence-corrected chi connectivity index (χ1v) is 9.58. The lowest BCUT2D eigenvalue weighted by Crippen LogP contribution is -2.38. The topological polar surface area (TPSA) is 69.7 Å². The molecule has 1 saturated heterocycles. The van der Waals surface area contributed by atoms with Gasteiger partial charge in [0.2, 0.25) is 5.89 Å². The molecule has 2 heterocycles. The van der Waals surface area contributed by atoms with Crippen LogP contribution in [0, 0.1) is 10.8 Å². The van der Waals surface area contributed by atoms with E-state index < -0.39 is 0 Å². The van der Waals surface area contributed by atoms with Gasteiger partial charge in [0.25, 0.3) is 4.84 Å². The standard InChI is InChI=1S/C19H25N3O4S/c1-3-25-18(23)15-8-10-21(11-9-15)13-22-19(27)26-17(20-22)12-14-4-6-16(24-2)7-5-14/h4-7,15H,3,8-13H2,1-2H3. The van der Waals surface area contributed by atoms with Gasteiger partial charge in [0.05, 0.1) is 32.7 Å². The Balaban J connectivity index is 1.55. The van der Waals surface area contributed by atoms with Crippen LogP contribution in [0.1, 0.15) is 31.2 Å². The zero-order valence-electron chi connectivity index (χ0n) is 15.7. The second-order valence-corrected chi connectivity index (χ2v) is 6.92. The van der Waals surface area contributed by atoms with E-state index in [4.69, 9.17) is 26.1 Å². The first-order chi connectivity index (χ1) is 13.1. The van der Waals surface area contributed by atoms with Gasteiger partial charge in [-0.3, -0.25) is 9.69 Å². The van der Waals surface area contributed by atoms with Crippen molar-refractivity contribution in [2.24, 2.45) is 5.92 Å². The minimum Gasteiger partial charge on any atom is -0.497 e. The van der Waals surface area contributed by atoms with Crippen LogP contribution in [0.3, 0.4) is 0 Å². The van der Waals surface area contributed by atoms with Crippen molar-refractivity contribution in [3.63, 3.8) is 0 Å². The molecule has 0 bridgehead atoms. The summed E-state index contributed by atoms with van der Waals surface area (Å²) in [6, 6.07) is 7.79. The van der Waals surface area contributed by atoms with Gasteiger partial charge in [-0.05, 0) is 49.7 Å². The van der Waals surface area contributed by atoms with Crippen molar-refractivity contribution >= 4 is 18.2 Å². The highest BCUT2D eigenvalue weighted by Crippen LogP contribution is 2.20. The summed E-state index contributed by atoms with van der Waals surface area (Å²) in [7, 11) is 1.64. The molecule has 27 heavy (non-hydrogen) atoms. The van der Waals surface area contributed by atoms with E-state index in [9.17, 15) is 4.79 Å². The quantitative estimate of drug-likeness (QED) is 0.531. The van der Waals surface area contributed by atoms with Gasteiger partial charge >= 0.3 is 5.97 Å². The number of nitrogens with zero attached hydrogens (tertiary/aromatic N) is 3. The number of carbonyl (C=O) groups is 1. The van der Waals surface area contributed by atoms with E-state index in [0.29, 0.717) is 30.4 Å². The molecule has 0 amide bonds. The number of hydrogen-bond acceptors (Lipinski definition) is 7. The highest BCUT2D eigenvalue weighted by atomic mass is 32.1. The van der Waals surface area contributed by atoms with E-state index in [1.807, 2.05) is 31.2 Å². The summed E-state index contributed by atoms with van der Waals surface area (Å²) in [5.74, 6) is 1.32. The summed E-state index contributed by atoms with van der Waals surface area (Å²) in [6.45, 7) is 4.46. The molecule has 0 spiro atoms. The molecule has 0 atom stereocenters. The summed E-state index contributed by atoms with van der Waals surface area (Å²) >= 11 is 5.31. The Kier molecular flexibility index (Phi) is 6.63. The van der Waals surface area contributed by atoms with Crippen molar-refractivity contribution in [3.05, 3.63) is 40.6 Å². The first-order valence-electron chi connectivity index (χ1n) is 9.17. The molecule has 2 aromatic rings. The van der Waals surface area contributed by atoms with Crippen LogP contribution in [-0.4, -0.2) is 47.5 Å². The largest absolute Gasteiger partial charge is 0.497 e. The molecule has 1 aromatic carbocycles. The highest BCUT2D eigenvalue weighted by molar-refractivity contribution is 7.71. The molecule has 8 heteroatoms. The fourth-order valence-corrected chi connectivity index (χ4v) is 3.38. The predicted molar refractivity (Wildman–Crippen MR) is 102 cm³/mol. The van der Waals surface area contributed by atoms with Crippen molar-refractivity contribution in [2.75, 3.05) is 26.8 Å². The average Bonchev–Trinajstić information content (AvgIpc) is 3.02. The van der Waals surface area contributed by atoms with E-state index in [1.54, 1.807) is 11.8 Å². The van der Waals surface area contributed by atoms with Crippen LogP contribution in [0.4, 0.5) is 0 Å². The maximum atomic E-state index is 11.8. The van der Waals surface area contributed by atoms with Crippen LogP contribution in [0.2, 0.25) is 0 Å². The average molecular weight is 391 g/mol. The van der Waals surface area contributed by atoms with Crippen LogP contribution in [0.25, 0.3) is 0 Å². The molecule has 0 N–H and O–H groups in total. The number of rotatable bonds is 7. The second-order valence-electron chi connectivity index (χ2n) is 6.57. The molecule has 0 unspecified atom stereocenters. The van der Waals surface area contributed by atoms with Crippen molar-refractivity contribution in [1.29, 1.82) is 0 Å². The number of benzene rings is 1. The van der Waals surface area contributed by atoms with Crippen molar-refractivity contribution < 1.29 is 18.7 Å². The summed E-state index contributed by atoms with van der Waals surface area (Å²) in [5, 5.41) is 4.51. The fourth-order valence-electron chi connectivity index (χ4n) is 3.19. The van der Waals surface area contributed by atoms with Crippen LogP contribution >= 0.6 is 12.2 Å². The Hall–Kier alpha value is -2.19. The zero-order chi connectivity index (χ0) is 19.2. The van der Waals surface area contributed by atoms with Crippen LogP contribution < -0.4 is 4.74 Å². The minimum atomic E-state index is -0.0861. The third-order valence-corrected chi connectivity index (χ3v) is 5.00. The molecular formula is C19H25N3O4S. The maximum Gasteiger partial charge on any atom is 0.309 e. The van der Waals surface area contributed by atoms with E-state index in [-0.39, 0.29) is 11.9 Å². The Bertz CT molecular complexity index is 807. The summed E-state index contributed by atoms with van der Waals surface area (Å²) in [5.41, 5.74) is 1.08. The minimum absolute atomic E-state index is 0.00267. The van der Waals surface area contributed by atoms with Crippen LogP contribution in [0.5, 0.6) is 5.75 Å². The summed E-state index contributed by atoms with van der Waals surface area (Å²) < 4.78 is 17.6. The summed E-state index contributed by atoms with van der Waals surface area (Å²) in [6.07, 6.45) is 2.16. The number of methoxy groups -OCH3 is 1. The van der Waals surface area contributed by atoms with Crippen molar-refractivity contribution in [1.82, 2.24) is 14.7 Å². The lowest BCUT2D eigenvalue weighted by atomic mass is 9.97. The third kappa shape index (κ3) is 5.17. The number of esters is 1. The molecule has 146 valence electrons. The Labute approximate surface area is 163 Å². The predicted octanol–water partition coefficient (Wildman–Crippen LogP) is 3.04. The van der Waals surface area contributed by atoms with E-state index >= 15 is 0 Å². The number of piperidine rings is 1. The van der Waals surface area contributed by atoms with Gasteiger partial charge in [0, 0.05) is 13.1 Å². The molecule has 0 radical (unpaired) electrons. The molecular weight excluding hydrogens is 366 g/mol. The Morgan fingerprint density at radius 3 is 2.63 bits per heavy atom.